The number of amides is 1. The summed E-state index contributed by atoms with van der Waals surface area (Å²) in [5, 5.41) is 0. The van der Waals surface area contributed by atoms with E-state index in [-0.39, 0.29) is 11.9 Å². The highest BCUT2D eigenvalue weighted by atomic mass is 16.2. The first-order valence-electron chi connectivity index (χ1n) is 9.31. The van der Waals surface area contributed by atoms with Crippen LogP contribution in [0.1, 0.15) is 28.4 Å². The molecule has 0 aliphatic carbocycles. The van der Waals surface area contributed by atoms with Crippen molar-refractivity contribution in [2.45, 2.75) is 25.8 Å². The molecule has 5 nitrogen and oxygen atoms in total. The summed E-state index contributed by atoms with van der Waals surface area (Å²) >= 11 is 0. The van der Waals surface area contributed by atoms with Crippen molar-refractivity contribution in [2.75, 3.05) is 16.3 Å². The Morgan fingerprint density at radius 3 is 2.41 bits per heavy atom. The summed E-state index contributed by atoms with van der Waals surface area (Å²) in [6.07, 6.45) is 5.17. The highest BCUT2D eigenvalue weighted by Crippen LogP contribution is 2.34. The average molecular weight is 356 g/mol. The number of benzene rings is 2. The largest absolute Gasteiger partial charge is 0.310 e. The number of aromatic nitrogens is 2. The third kappa shape index (κ3) is 2.58. The number of carbonyl (C=O) groups is 1. The molecule has 0 fully saturated rings. The third-order valence-corrected chi connectivity index (χ3v) is 5.44. The number of anilines is 3. The molecule has 5 rings (SSSR count). The van der Waals surface area contributed by atoms with Gasteiger partial charge < -0.3 is 9.80 Å². The molecule has 1 unspecified atom stereocenters. The summed E-state index contributed by atoms with van der Waals surface area (Å²) in [4.78, 5) is 26.1. The molecule has 0 spiro atoms. The number of nitrogens with zero attached hydrogens (tertiary/aromatic N) is 4. The summed E-state index contributed by atoms with van der Waals surface area (Å²) in [5.74, 6) is 0.604. The van der Waals surface area contributed by atoms with Crippen molar-refractivity contribution in [3.8, 4) is 0 Å². The van der Waals surface area contributed by atoms with Gasteiger partial charge in [-0.15, -0.1) is 0 Å². The van der Waals surface area contributed by atoms with Crippen LogP contribution in [0, 0.1) is 0 Å². The van der Waals surface area contributed by atoms with Crippen molar-refractivity contribution < 1.29 is 4.79 Å². The van der Waals surface area contributed by atoms with Crippen LogP contribution in [0.15, 0.2) is 60.9 Å². The van der Waals surface area contributed by atoms with Crippen molar-refractivity contribution >= 4 is 23.2 Å². The van der Waals surface area contributed by atoms with E-state index in [2.05, 4.69) is 46.1 Å². The summed E-state index contributed by atoms with van der Waals surface area (Å²) in [7, 11) is 0. The molecular formula is C22H20N4O. The van der Waals surface area contributed by atoms with Gasteiger partial charge in [0.2, 0.25) is 5.95 Å². The molecule has 2 aromatic carbocycles. The third-order valence-electron chi connectivity index (χ3n) is 5.44. The van der Waals surface area contributed by atoms with Crippen LogP contribution in [0.2, 0.25) is 0 Å². The summed E-state index contributed by atoms with van der Waals surface area (Å²) in [6.45, 7) is 2.94. The highest BCUT2D eigenvalue weighted by Gasteiger charge is 2.31. The van der Waals surface area contributed by atoms with E-state index in [9.17, 15) is 4.79 Å². The molecule has 27 heavy (non-hydrogen) atoms. The fraction of sp³-hybridized carbons (Fsp3) is 0.227. The maximum atomic E-state index is 13.1. The molecule has 2 aliphatic heterocycles. The zero-order valence-electron chi connectivity index (χ0n) is 15.2. The van der Waals surface area contributed by atoms with E-state index < -0.39 is 0 Å². The van der Waals surface area contributed by atoms with Gasteiger partial charge in [0.05, 0.1) is 5.56 Å². The van der Waals surface area contributed by atoms with Crippen LogP contribution in [0.25, 0.3) is 0 Å². The predicted octanol–water partition coefficient (Wildman–Crippen LogP) is 3.76. The second-order valence-electron chi connectivity index (χ2n) is 7.16. The first kappa shape index (κ1) is 16.0. The second-order valence-corrected chi connectivity index (χ2v) is 7.16. The smallest absolute Gasteiger partial charge is 0.261 e. The van der Waals surface area contributed by atoms with Gasteiger partial charge in [0.25, 0.3) is 5.91 Å². The van der Waals surface area contributed by atoms with Crippen molar-refractivity contribution in [3.63, 3.8) is 0 Å². The average Bonchev–Trinajstić information content (AvgIpc) is 3.28. The zero-order valence-corrected chi connectivity index (χ0v) is 15.2. The first-order chi connectivity index (χ1) is 13.2. The van der Waals surface area contributed by atoms with Crippen LogP contribution in [0.4, 0.5) is 17.3 Å². The summed E-state index contributed by atoms with van der Waals surface area (Å²) in [5.41, 5.74) is 5.19. The Morgan fingerprint density at radius 2 is 1.63 bits per heavy atom. The molecule has 1 aromatic heterocycles. The molecule has 1 amide bonds. The molecule has 3 aromatic rings. The lowest BCUT2D eigenvalue weighted by Crippen LogP contribution is -2.35. The van der Waals surface area contributed by atoms with E-state index in [1.165, 1.54) is 11.1 Å². The van der Waals surface area contributed by atoms with E-state index in [4.69, 9.17) is 0 Å². The van der Waals surface area contributed by atoms with Gasteiger partial charge in [-0.25, -0.2) is 9.97 Å². The van der Waals surface area contributed by atoms with Gasteiger partial charge in [-0.2, -0.15) is 0 Å². The van der Waals surface area contributed by atoms with Gasteiger partial charge in [-0.05, 0) is 43.0 Å². The Bertz CT molecular complexity index is 1010. The molecule has 2 aliphatic rings. The minimum atomic E-state index is -0.0409. The lowest BCUT2D eigenvalue weighted by Gasteiger charge is -2.23. The molecule has 0 N–H and O–H groups in total. The van der Waals surface area contributed by atoms with E-state index in [0.29, 0.717) is 11.5 Å². The molecular weight excluding hydrogens is 336 g/mol. The van der Waals surface area contributed by atoms with E-state index >= 15 is 0 Å². The van der Waals surface area contributed by atoms with Gasteiger partial charge in [-0.3, -0.25) is 4.79 Å². The number of rotatable bonds is 2. The molecule has 0 saturated carbocycles. The zero-order chi connectivity index (χ0) is 18.4. The van der Waals surface area contributed by atoms with Gasteiger partial charge >= 0.3 is 0 Å². The molecule has 0 bridgehead atoms. The molecule has 1 atom stereocenters. The van der Waals surface area contributed by atoms with Crippen LogP contribution in [-0.4, -0.2) is 28.5 Å². The van der Waals surface area contributed by atoms with E-state index in [1.54, 1.807) is 12.4 Å². The fourth-order valence-corrected chi connectivity index (χ4v) is 4.13. The minimum Gasteiger partial charge on any atom is -0.310 e. The van der Waals surface area contributed by atoms with Crippen molar-refractivity contribution in [2.24, 2.45) is 0 Å². The van der Waals surface area contributed by atoms with Gasteiger partial charge in [0.15, 0.2) is 0 Å². The van der Waals surface area contributed by atoms with Crippen LogP contribution in [0.3, 0.4) is 0 Å². The standard InChI is InChI=1S/C22H20N4O/c1-15-12-17-7-3-5-9-20(17)26(15)21(27)18-13-23-22(24-14-18)25-11-10-16-6-2-4-8-19(16)25/h2-9,13-15H,10-12H2,1H3. The Hall–Kier alpha value is -3.21. The number of hydrogen-bond donors (Lipinski definition) is 0. The maximum Gasteiger partial charge on any atom is 0.261 e. The molecule has 5 heteroatoms. The van der Waals surface area contributed by atoms with Crippen LogP contribution >= 0.6 is 0 Å². The first-order valence-corrected chi connectivity index (χ1v) is 9.31. The SMILES string of the molecule is CC1Cc2ccccc2N1C(=O)c1cnc(N2CCc3ccccc32)nc1. The van der Waals surface area contributed by atoms with Crippen molar-refractivity contribution in [1.82, 2.24) is 9.97 Å². The van der Waals surface area contributed by atoms with E-state index in [0.717, 1.165) is 30.8 Å². The maximum absolute atomic E-state index is 13.1. The highest BCUT2D eigenvalue weighted by molar-refractivity contribution is 6.07. The lowest BCUT2D eigenvalue weighted by atomic mass is 10.1. The molecule has 0 saturated heterocycles. The topological polar surface area (TPSA) is 49.3 Å². The summed E-state index contributed by atoms with van der Waals surface area (Å²) in [6, 6.07) is 16.5. The normalized spacial score (nSPS) is 17.7. The lowest BCUT2D eigenvalue weighted by molar-refractivity contribution is 0.0981. The van der Waals surface area contributed by atoms with Crippen LogP contribution in [-0.2, 0) is 12.8 Å². The predicted molar refractivity (Wildman–Crippen MR) is 106 cm³/mol. The van der Waals surface area contributed by atoms with Crippen LogP contribution in [0.5, 0.6) is 0 Å². The molecule has 0 radical (unpaired) electrons. The molecule has 134 valence electrons. The van der Waals surface area contributed by atoms with Gasteiger partial charge in [-0.1, -0.05) is 36.4 Å². The quantitative estimate of drug-likeness (QED) is 0.701. The monoisotopic (exact) mass is 356 g/mol. The number of fused-ring (bicyclic) bond motifs is 2. The number of hydrogen-bond acceptors (Lipinski definition) is 4. The van der Waals surface area contributed by atoms with Crippen LogP contribution < -0.4 is 9.80 Å². The number of para-hydroxylation sites is 2. The van der Waals surface area contributed by atoms with Gasteiger partial charge in [0, 0.05) is 36.4 Å². The van der Waals surface area contributed by atoms with Crippen molar-refractivity contribution in [1.29, 1.82) is 0 Å². The van der Waals surface area contributed by atoms with Crippen molar-refractivity contribution in [3.05, 3.63) is 77.6 Å². The Balaban J connectivity index is 1.42. The minimum absolute atomic E-state index is 0.0409. The Labute approximate surface area is 158 Å². The van der Waals surface area contributed by atoms with Gasteiger partial charge in [0.1, 0.15) is 0 Å². The Morgan fingerprint density at radius 1 is 0.963 bits per heavy atom. The second kappa shape index (κ2) is 6.20. The molecule has 3 heterocycles. The summed E-state index contributed by atoms with van der Waals surface area (Å²) < 4.78 is 0. The fourth-order valence-electron chi connectivity index (χ4n) is 4.13. The van der Waals surface area contributed by atoms with E-state index in [1.807, 2.05) is 29.2 Å². The Kier molecular flexibility index (Phi) is 3.67. The number of carbonyl (C=O) groups excluding carboxylic acids is 1.